The fourth-order valence-electron chi connectivity index (χ4n) is 4.46. The number of hydrogen-bond donors (Lipinski definition) is 1. The molecule has 0 amide bonds. The summed E-state index contributed by atoms with van der Waals surface area (Å²) in [5.74, 6) is 0.914. The average Bonchev–Trinajstić information content (AvgIpc) is 3.02. The number of aliphatic hydroxyl groups is 1. The van der Waals surface area contributed by atoms with Crippen molar-refractivity contribution in [1.29, 1.82) is 0 Å². The average molecular weight is 352 g/mol. The largest absolute Gasteiger partial charge is 0.497 e. The highest BCUT2D eigenvalue weighted by Crippen LogP contribution is 2.28. The van der Waals surface area contributed by atoms with Gasteiger partial charge in [0.25, 0.3) is 0 Å². The van der Waals surface area contributed by atoms with Crippen LogP contribution < -0.4 is 4.74 Å². The Bertz CT molecular complexity index is 721. The summed E-state index contributed by atoms with van der Waals surface area (Å²) in [6.07, 6.45) is 1.77. The lowest BCUT2D eigenvalue weighted by Crippen LogP contribution is -2.56. The maximum absolute atomic E-state index is 10.1. The van der Waals surface area contributed by atoms with Crippen LogP contribution in [0.4, 0.5) is 0 Å². The van der Waals surface area contributed by atoms with Crippen LogP contribution >= 0.6 is 0 Å². The number of hydrogen-bond acceptors (Lipinski definition) is 4. The van der Waals surface area contributed by atoms with E-state index in [-0.39, 0.29) is 6.10 Å². The Morgan fingerprint density at radius 3 is 2.62 bits per heavy atom. The number of ether oxygens (including phenoxy) is 1. The molecule has 0 radical (unpaired) electrons. The summed E-state index contributed by atoms with van der Waals surface area (Å²) in [7, 11) is 1.72. The molecule has 4 nitrogen and oxygen atoms in total. The molecule has 4 rings (SSSR count). The molecule has 2 aromatic rings. The topological polar surface area (TPSA) is 35.9 Å². The Morgan fingerprint density at radius 2 is 1.81 bits per heavy atom. The molecular formula is C22H28N2O2. The number of nitrogens with zero attached hydrogens (tertiary/aromatic N) is 2. The van der Waals surface area contributed by atoms with Crippen LogP contribution in [0, 0.1) is 0 Å². The van der Waals surface area contributed by atoms with Crippen LogP contribution in [0.5, 0.6) is 5.75 Å². The minimum atomic E-state index is -0.172. The van der Waals surface area contributed by atoms with Crippen LogP contribution in [0.2, 0.25) is 0 Å². The van der Waals surface area contributed by atoms with Gasteiger partial charge in [-0.1, -0.05) is 42.5 Å². The zero-order valence-corrected chi connectivity index (χ0v) is 15.4. The molecule has 0 aliphatic carbocycles. The molecule has 0 bridgehead atoms. The standard InChI is InChI=1S/C22H28N2O2/c1-26-22-9-5-8-18(11-22)13-23-15-20-12-21(25)16-24(20)14-19(23)10-17-6-3-2-4-7-17/h2-9,11,19-21,25H,10,12-16H2,1H3/t19-,20-,21+/m0/s1. The third-order valence-electron chi connectivity index (χ3n) is 5.75. The van der Waals surface area contributed by atoms with Gasteiger partial charge in [-0.05, 0) is 36.1 Å². The van der Waals surface area contributed by atoms with Crippen molar-refractivity contribution in [1.82, 2.24) is 9.80 Å². The summed E-state index contributed by atoms with van der Waals surface area (Å²) in [5.41, 5.74) is 2.67. The second kappa shape index (κ2) is 7.78. The maximum atomic E-state index is 10.1. The summed E-state index contributed by atoms with van der Waals surface area (Å²) in [5, 5.41) is 10.1. The van der Waals surface area contributed by atoms with Gasteiger partial charge in [-0.15, -0.1) is 0 Å². The minimum Gasteiger partial charge on any atom is -0.497 e. The van der Waals surface area contributed by atoms with E-state index in [1.807, 2.05) is 6.07 Å². The molecule has 2 aliphatic rings. The van der Waals surface area contributed by atoms with Gasteiger partial charge in [0.05, 0.1) is 13.2 Å². The van der Waals surface area contributed by atoms with Crippen molar-refractivity contribution in [2.45, 2.75) is 37.6 Å². The van der Waals surface area contributed by atoms with Crippen molar-refractivity contribution in [2.24, 2.45) is 0 Å². The molecule has 2 aromatic carbocycles. The monoisotopic (exact) mass is 352 g/mol. The Balaban J connectivity index is 1.53. The molecule has 4 heteroatoms. The van der Waals surface area contributed by atoms with E-state index in [1.54, 1.807) is 7.11 Å². The van der Waals surface area contributed by atoms with E-state index in [4.69, 9.17) is 4.74 Å². The third-order valence-corrected chi connectivity index (χ3v) is 5.75. The summed E-state index contributed by atoms with van der Waals surface area (Å²) >= 11 is 0. The van der Waals surface area contributed by atoms with E-state index < -0.39 is 0 Å². The summed E-state index contributed by atoms with van der Waals surface area (Å²) in [6.45, 7) is 3.80. The van der Waals surface area contributed by atoms with Crippen LogP contribution in [-0.2, 0) is 13.0 Å². The van der Waals surface area contributed by atoms with E-state index in [0.29, 0.717) is 12.1 Å². The summed E-state index contributed by atoms with van der Waals surface area (Å²) in [4.78, 5) is 5.08. The molecule has 0 unspecified atom stereocenters. The highest BCUT2D eigenvalue weighted by molar-refractivity contribution is 5.28. The molecule has 1 N–H and O–H groups in total. The van der Waals surface area contributed by atoms with Gasteiger partial charge >= 0.3 is 0 Å². The van der Waals surface area contributed by atoms with E-state index >= 15 is 0 Å². The third kappa shape index (κ3) is 3.93. The van der Waals surface area contributed by atoms with Gasteiger partial charge in [0.1, 0.15) is 5.75 Å². The molecule has 0 spiro atoms. The molecule has 138 valence electrons. The molecule has 0 saturated carbocycles. The first-order valence-corrected chi connectivity index (χ1v) is 9.54. The van der Waals surface area contributed by atoms with Crippen molar-refractivity contribution in [3.63, 3.8) is 0 Å². The number of methoxy groups -OCH3 is 1. The maximum Gasteiger partial charge on any atom is 0.119 e. The smallest absolute Gasteiger partial charge is 0.119 e. The fourth-order valence-corrected chi connectivity index (χ4v) is 4.46. The normalized spacial score (nSPS) is 26.6. The van der Waals surface area contributed by atoms with Gasteiger partial charge in [-0.25, -0.2) is 0 Å². The number of benzene rings is 2. The zero-order valence-electron chi connectivity index (χ0n) is 15.4. The predicted octanol–water partition coefficient (Wildman–Crippen LogP) is 2.56. The highest BCUT2D eigenvalue weighted by Gasteiger charge is 2.39. The van der Waals surface area contributed by atoms with E-state index in [1.165, 1.54) is 11.1 Å². The number of piperazine rings is 1. The first-order valence-electron chi connectivity index (χ1n) is 9.54. The second-order valence-electron chi connectivity index (χ2n) is 7.62. The number of rotatable bonds is 5. The molecule has 26 heavy (non-hydrogen) atoms. The Hall–Kier alpha value is -1.88. The van der Waals surface area contributed by atoms with Crippen molar-refractivity contribution < 1.29 is 9.84 Å². The Kier molecular flexibility index (Phi) is 5.25. The fraction of sp³-hybridized carbons (Fsp3) is 0.455. The molecule has 2 fully saturated rings. The van der Waals surface area contributed by atoms with Crippen molar-refractivity contribution >= 4 is 0 Å². The first-order chi connectivity index (χ1) is 12.7. The van der Waals surface area contributed by atoms with Crippen LogP contribution in [0.1, 0.15) is 17.5 Å². The van der Waals surface area contributed by atoms with Gasteiger partial charge in [0.2, 0.25) is 0 Å². The molecule has 2 aliphatic heterocycles. The molecule has 2 heterocycles. The lowest BCUT2D eigenvalue weighted by atomic mass is 9.99. The molecule has 3 atom stereocenters. The van der Waals surface area contributed by atoms with E-state index in [9.17, 15) is 5.11 Å². The first kappa shape index (κ1) is 17.5. The van der Waals surface area contributed by atoms with Crippen LogP contribution in [-0.4, -0.2) is 59.8 Å². The van der Waals surface area contributed by atoms with Crippen LogP contribution in [0.25, 0.3) is 0 Å². The van der Waals surface area contributed by atoms with Crippen molar-refractivity contribution in [2.75, 3.05) is 26.7 Å². The lowest BCUT2D eigenvalue weighted by Gasteiger charge is -2.44. The minimum absolute atomic E-state index is 0.172. The van der Waals surface area contributed by atoms with Gasteiger partial charge in [0, 0.05) is 38.3 Å². The Morgan fingerprint density at radius 1 is 1.00 bits per heavy atom. The van der Waals surface area contributed by atoms with Crippen LogP contribution in [0.15, 0.2) is 54.6 Å². The predicted molar refractivity (Wildman–Crippen MR) is 103 cm³/mol. The van der Waals surface area contributed by atoms with Crippen molar-refractivity contribution in [3.8, 4) is 5.75 Å². The zero-order chi connectivity index (χ0) is 17.9. The lowest BCUT2D eigenvalue weighted by molar-refractivity contribution is 0.0445. The highest BCUT2D eigenvalue weighted by atomic mass is 16.5. The Labute approximate surface area is 156 Å². The van der Waals surface area contributed by atoms with E-state index in [0.717, 1.165) is 44.8 Å². The van der Waals surface area contributed by atoms with Gasteiger partial charge < -0.3 is 9.84 Å². The SMILES string of the molecule is COc1cccc(CN2C[C@@H]3C[C@@H](O)CN3C[C@@H]2Cc2ccccc2)c1. The molecule has 0 aromatic heterocycles. The van der Waals surface area contributed by atoms with E-state index in [2.05, 4.69) is 58.3 Å². The number of aliphatic hydroxyl groups excluding tert-OH is 1. The molecule has 2 saturated heterocycles. The van der Waals surface area contributed by atoms with Gasteiger partial charge in [-0.3, -0.25) is 9.80 Å². The summed E-state index contributed by atoms with van der Waals surface area (Å²) < 4.78 is 5.39. The quantitative estimate of drug-likeness (QED) is 0.897. The summed E-state index contributed by atoms with van der Waals surface area (Å²) in [6, 6.07) is 20.1. The number of fused-ring (bicyclic) bond motifs is 1. The molecular weight excluding hydrogens is 324 g/mol. The van der Waals surface area contributed by atoms with Gasteiger partial charge in [-0.2, -0.15) is 0 Å². The van der Waals surface area contributed by atoms with Crippen LogP contribution in [0.3, 0.4) is 0 Å². The van der Waals surface area contributed by atoms with Gasteiger partial charge in [0.15, 0.2) is 0 Å². The second-order valence-corrected chi connectivity index (χ2v) is 7.62. The van der Waals surface area contributed by atoms with Crippen molar-refractivity contribution in [3.05, 3.63) is 65.7 Å².